The molecule has 0 saturated heterocycles. The van der Waals surface area contributed by atoms with Crippen LogP contribution in [0.1, 0.15) is 47.3 Å². The van der Waals surface area contributed by atoms with Crippen LogP contribution in [0.15, 0.2) is 54.7 Å². The molecule has 37 heavy (non-hydrogen) atoms. The van der Waals surface area contributed by atoms with Gasteiger partial charge in [0.15, 0.2) is 17.8 Å². The highest BCUT2D eigenvalue weighted by molar-refractivity contribution is 6.31. The number of pyridine rings is 1. The lowest BCUT2D eigenvalue weighted by atomic mass is 9.81. The van der Waals surface area contributed by atoms with Crippen molar-refractivity contribution in [1.29, 1.82) is 0 Å². The van der Waals surface area contributed by atoms with Gasteiger partial charge in [-0.1, -0.05) is 30.7 Å². The third kappa shape index (κ3) is 5.88. The summed E-state index contributed by atoms with van der Waals surface area (Å²) in [6.07, 6.45) is 2.86. The predicted molar refractivity (Wildman–Crippen MR) is 129 cm³/mol. The Morgan fingerprint density at radius 3 is 2.38 bits per heavy atom. The van der Waals surface area contributed by atoms with Crippen molar-refractivity contribution in [3.8, 4) is 16.9 Å². The van der Waals surface area contributed by atoms with Gasteiger partial charge in [0.1, 0.15) is 11.7 Å². The zero-order valence-corrected chi connectivity index (χ0v) is 20.4. The first-order valence-corrected chi connectivity index (χ1v) is 12.0. The number of aromatic nitrogens is 1. The van der Waals surface area contributed by atoms with Crippen LogP contribution in [0, 0.1) is 22.9 Å². The molecule has 0 spiro atoms. The molecule has 0 bridgehead atoms. The van der Waals surface area contributed by atoms with Crippen molar-refractivity contribution in [2.45, 2.75) is 38.7 Å². The number of carbonyl (C=O) groups excluding carboxylic acids is 1. The van der Waals surface area contributed by atoms with Gasteiger partial charge >= 0.3 is 12.6 Å². The Morgan fingerprint density at radius 1 is 1.14 bits per heavy atom. The third-order valence-corrected chi connectivity index (χ3v) is 6.93. The lowest BCUT2D eigenvalue weighted by Gasteiger charge is -2.22. The summed E-state index contributed by atoms with van der Waals surface area (Å²) in [6.45, 7) is -1.32. The van der Waals surface area contributed by atoms with Crippen molar-refractivity contribution in [2.75, 3.05) is 0 Å². The van der Waals surface area contributed by atoms with E-state index in [9.17, 15) is 28.0 Å². The Balaban J connectivity index is 1.69. The molecule has 6 nitrogen and oxygen atoms in total. The summed E-state index contributed by atoms with van der Waals surface area (Å²) in [5.41, 5.74) is 0.418. The van der Waals surface area contributed by atoms with Gasteiger partial charge in [0.05, 0.1) is 21.7 Å². The molecule has 1 aliphatic rings. The topological polar surface area (TPSA) is 90.5 Å². The van der Waals surface area contributed by atoms with Crippen LogP contribution in [0.5, 0.6) is 5.75 Å². The highest BCUT2D eigenvalue weighted by Crippen LogP contribution is 2.44. The third-order valence-electron chi connectivity index (χ3n) is 6.64. The zero-order valence-electron chi connectivity index (χ0n) is 19.7. The molecule has 0 amide bonds. The molecule has 4 rings (SSSR count). The van der Waals surface area contributed by atoms with Crippen LogP contribution >= 0.6 is 11.6 Å². The highest BCUT2D eigenvalue weighted by atomic mass is 35.5. The number of halogens is 4. The number of carboxylic acids is 1. The van der Waals surface area contributed by atoms with E-state index < -0.39 is 30.1 Å². The lowest BCUT2D eigenvalue weighted by molar-refractivity contribution is -0.614. The minimum atomic E-state index is -3.22. The van der Waals surface area contributed by atoms with E-state index in [1.54, 1.807) is 12.1 Å². The normalized spacial score (nSPS) is 14.9. The average molecular weight is 534 g/mol. The summed E-state index contributed by atoms with van der Waals surface area (Å²) in [4.78, 5) is 24.5. The van der Waals surface area contributed by atoms with Crippen molar-refractivity contribution in [1.82, 2.24) is 0 Å². The van der Waals surface area contributed by atoms with Crippen molar-refractivity contribution in [2.24, 2.45) is 11.8 Å². The minimum Gasteiger partial charge on any atom is -0.618 e. The van der Waals surface area contributed by atoms with Crippen molar-refractivity contribution >= 4 is 23.4 Å². The lowest BCUT2D eigenvalue weighted by Crippen LogP contribution is -2.38. The summed E-state index contributed by atoms with van der Waals surface area (Å²) >= 11 is 5.84. The highest BCUT2D eigenvalue weighted by Gasteiger charge is 2.41. The van der Waals surface area contributed by atoms with Crippen molar-refractivity contribution in [3.63, 3.8) is 0 Å². The maximum atomic E-state index is 14.8. The number of hydrogen-bond acceptors (Lipinski definition) is 4. The van der Waals surface area contributed by atoms with E-state index in [2.05, 4.69) is 4.74 Å². The molecule has 10 heteroatoms. The SMILES string of the molecule is CC(C1CC1)C(C(=O)Cc1ccc(C(=O)O)cc1)c1ccc(-c2c(OC(F)F)ccc(Cl)c2F)c[n+]1[O-]. The van der Waals surface area contributed by atoms with Gasteiger partial charge in [0.2, 0.25) is 5.69 Å². The van der Waals surface area contributed by atoms with Crippen LogP contribution in [0.2, 0.25) is 5.02 Å². The number of rotatable bonds is 10. The monoisotopic (exact) mass is 533 g/mol. The summed E-state index contributed by atoms with van der Waals surface area (Å²) in [5, 5.41) is 21.9. The van der Waals surface area contributed by atoms with Crippen LogP contribution in [0.4, 0.5) is 13.2 Å². The Kier molecular flexibility index (Phi) is 7.73. The molecule has 3 aromatic rings. The second kappa shape index (κ2) is 10.8. The quantitative estimate of drug-likeness (QED) is 0.254. The number of aromatic carboxylic acids is 1. The van der Waals surface area contributed by atoms with Crippen LogP contribution in [-0.4, -0.2) is 23.5 Å². The number of alkyl halides is 2. The molecule has 2 atom stereocenters. The number of carboxylic acid groups (broad SMARTS) is 1. The first-order valence-electron chi connectivity index (χ1n) is 11.6. The van der Waals surface area contributed by atoms with Gasteiger partial charge in [-0.15, -0.1) is 0 Å². The molecule has 194 valence electrons. The largest absolute Gasteiger partial charge is 0.618 e. The van der Waals surface area contributed by atoms with E-state index in [1.165, 1.54) is 24.3 Å². The van der Waals surface area contributed by atoms with Crippen LogP contribution in [-0.2, 0) is 11.2 Å². The minimum absolute atomic E-state index is 0.0152. The molecule has 1 fully saturated rings. The molecule has 0 aliphatic heterocycles. The fourth-order valence-electron chi connectivity index (χ4n) is 4.58. The van der Waals surface area contributed by atoms with E-state index in [0.29, 0.717) is 10.3 Å². The number of hydrogen-bond donors (Lipinski definition) is 1. The number of ether oxygens (including phenoxy) is 1. The summed E-state index contributed by atoms with van der Waals surface area (Å²) in [6, 6.07) is 10.9. The zero-order chi connectivity index (χ0) is 26.9. The second-order valence-electron chi connectivity index (χ2n) is 9.10. The van der Waals surface area contributed by atoms with Gasteiger partial charge in [-0.05, 0) is 60.6 Å². The number of benzene rings is 2. The Labute approximate surface area is 215 Å². The molecular formula is C27H23ClF3NO5. The molecule has 1 saturated carbocycles. The molecule has 1 aliphatic carbocycles. The molecule has 1 N–H and O–H groups in total. The van der Waals surface area contributed by atoms with Crippen molar-refractivity contribution < 1.29 is 37.3 Å². The second-order valence-corrected chi connectivity index (χ2v) is 9.51. The standard InChI is InChI=1S/C27H23ClF3NO5/c1-14(16-6-7-16)23(21(33)12-15-2-4-17(5-3-15)26(34)35)20-10-8-18(13-32(20)36)24-22(37-27(30)31)11-9-19(28)25(24)29/h2-5,8-11,13-14,16,23,27H,6-7,12H2,1H3,(H,34,35). The van der Waals surface area contributed by atoms with Gasteiger partial charge in [-0.3, -0.25) is 4.79 Å². The first-order chi connectivity index (χ1) is 17.6. The van der Waals surface area contributed by atoms with Crippen LogP contribution in [0.25, 0.3) is 11.1 Å². The molecule has 0 radical (unpaired) electrons. The number of ketones is 1. The number of Topliss-reactive ketones (excluding diaryl/α,β-unsaturated/α-hetero) is 1. The van der Waals surface area contributed by atoms with Crippen LogP contribution < -0.4 is 9.47 Å². The summed E-state index contributed by atoms with van der Waals surface area (Å²) < 4.78 is 45.5. The van der Waals surface area contributed by atoms with Crippen LogP contribution in [0.3, 0.4) is 0 Å². The smallest absolute Gasteiger partial charge is 0.387 e. The van der Waals surface area contributed by atoms with Gasteiger partial charge in [-0.2, -0.15) is 13.5 Å². The van der Waals surface area contributed by atoms with E-state index in [4.69, 9.17) is 16.7 Å². The molecule has 2 unspecified atom stereocenters. The number of carbonyl (C=O) groups is 2. The Morgan fingerprint density at radius 2 is 1.81 bits per heavy atom. The maximum Gasteiger partial charge on any atom is 0.387 e. The Bertz CT molecular complexity index is 1330. The Hall–Kier alpha value is -3.59. The molecular weight excluding hydrogens is 511 g/mol. The van der Waals surface area contributed by atoms with Gasteiger partial charge in [0.25, 0.3) is 0 Å². The fraction of sp³-hybridized carbons (Fsp3) is 0.296. The molecule has 2 aromatic carbocycles. The number of nitrogens with zero attached hydrogens (tertiary/aromatic N) is 1. The van der Waals surface area contributed by atoms with Gasteiger partial charge in [-0.25, -0.2) is 9.18 Å². The predicted octanol–water partition coefficient (Wildman–Crippen LogP) is 6.02. The summed E-state index contributed by atoms with van der Waals surface area (Å²) in [5.74, 6) is -3.47. The maximum absolute atomic E-state index is 14.8. The van der Waals surface area contributed by atoms with Gasteiger partial charge < -0.3 is 15.1 Å². The van der Waals surface area contributed by atoms with E-state index in [0.717, 1.165) is 31.2 Å². The van der Waals surface area contributed by atoms with E-state index in [1.807, 2.05) is 6.92 Å². The first kappa shape index (κ1) is 26.5. The average Bonchev–Trinajstić information content (AvgIpc) is 3.68. The fourth-order valence-corrected chi connectivity index (χ4v) is 4.73. The summed E-state index contributed by atoms with van der Waals surface area (Å²) in [7, 11) is 0. The van der Waals surface area contributed by atoms with Crippen molar-refractivity contribution in [3.05, 3.63) is 87.6 Å². The van der Waals surface area contributed by atoms with Gasteiger partial charge in [0, 0.05) is 12.5 Å². The molecule has 1 aromatic heterocycles. The van der Waals surface area contributed by atoms with E-state index >= 15 is 0 Å². The van der Waals surface area contributed by atoms with E-state index in [-0.39, 0.29) is 51.4 Å². The molecule has 1 heterocycles.